The number of aromatic amines is 1. The standard InChI is InChI=1S/C32H31N3O3/c1-37-31-19-25(14-15-30(31)38-23-24-9-3-2-4-10-24)22-35(18-16-27-11-7-8-17-33-27)32(36)20-26-21-34-29-13-6-5-12-28(26)29/h2-15,17,19,21,34H,16,18,20,22-23H2,1H3. The fourth-order valence-corrected chi connectivity index (χ4v) is 4.53. The average Bonchev–Trinajstić information content (AvgIpc) is 3.38. The minimum atomic E-state index is 0.0639. The number of fused-ring (bicyclic) bond motifs is 1. The van der Waals surface area contributed by atoms with E-state index in [0.717, 1.165) is 33.3 Å². The highest BCUT2D eigenvalue weighted by molar-refractivity contribution is 5.88. The molecule has 6 heteroatoms. The Hall–Kier alpha value is -4.58. The van der Waals surface area contributed by atoms with Gasteiger partial charge in [0.2, 0.25) is 5.91 Å². The third-order valence-electron chi connectivity index (χ3n) is 6.57. The van der Waals surface area contributed by atoms with Crippen molar-refractivity contribution in [1.82, 2.24) is 14.9 Å². The maximum atomic E-state index is 13.6. The van der Waals surface area contributed by atoms with Gasteiger partial charge in [-0.15, -0.1) is 0 Å². The molecule has 5 aromatic rings. The van der Waals surface area contributed by atoms with Crippen molar-refractivity contribution in [3.63, 3.8) is 0 Å². The molecule has 0 unspecified atom stereocenters. The summed E-state index contributed by atoms with van der Waals surface area (Å²) in [5, 5.41) is 1.08. The number of para-hydroxylation sites is 1. The molecule has 38 heavy (non-hydrogen) atoms. The highest BCUT2D eigenvalue weighted by Crippen LogP contribution is 2.29. The van der Waals surface area contributed by atoms with Crippen LogP contribution in [0.15, 0.2) is 103 Å². The van der Waals surface area contributed by atoms with Crippen LogP contribution in [0.2, 0.25) is 0 Å². The molecule has 0 saturated heterocycles. The number of carbonyl (C=O) groups excluding carboxylic acids is 1. The molecule has 5 rings (SSSR count). The van der Waals surface area contributed by atoms with E-state index in [1.807, 2.05) is 102 Å². The number of H-pyrrole nitrogens is 1. The SMILES string of the molecule is COc1cc(CN(CCc2ccccn2)C(=O)Cc2c[nH]c3ccccc23)ccc1OCc1ccccc1. The Morgan fingerprint density at radius 2 is 1.71 bits per heavy atom. The predicted octanol–water partition coefficient (Wildman–Crippen LogP) is 5.96. The normalized spacial score (nSPS) is 10.9. The molecule has 0 bridgehead atoms. The first-order valence-corrected chi connectivity index (χ1v) is 12.8. The fraction of sp³-hybridized carbons (Fsp3) is 0.188. The van der Waals surface area contributed by atoms with Crippen LogP contribution < -0.4 is 9.47 Å². The molecule has 0 aliphatic carbocycles. The van der Waals surface area contributed by atoms with Gasteiger partial charge in [0.15, 0.2) is 11.5 Å². The number of ether oxygens (including phenoxy) is 2. The molecule has 0 radical (unpaired) electrons. The smallest absolute Gasteiger partial charge is 0.227 e. The summed E-state index contributed by atoms with van der Waals surface area (Å²) in [5.41, 5.74) is 5.05. The first-order valence-electron chi connectivity index (χ1n) is 12.8. The van der Waals surface area contributed by atoms with Gasteiger partial charge in [0, 0.05) is 48.5 Å². The molecule has 0 atom stereocenters. The van der Waals surface area contributed by atoms with Crippen molar-refractivity contribution in [2.75, 3.05) is 13.7 Å². The number of carbonyl (C=O) groups is 1. The summed E-state index contributed by atoms with van der Waals surface area (Å²) in [5.74, 6) is 1.38. The highest BCUT2D eigenvalue weighted by Gasteiger charge is 2.18. The third-order valence-corrected chi connectivity index (χ3v) is 6.57. The molecule has 1 N–H and O–H groups in total. The van der Waals surface area contributed by atoms with Crippen LogP contribution in [-0.4, -0.2) is 34.4 Å². The van der Waals surface area contributed by atoms with Gasteiger partial charge in [-0.05, 0) is 47.0 Å². The van der Waals surface area contributed by atoms with Gasteiger partial charge in [0.05, 0.1) is 13.5 Å². The van der Waals surface area contributed by atoms with E-state index in [2.05, 4.69) is 9.97 Å². The van der Waals surface area contributed by atoms with Crippen molar-refractivity contribution in [3.05, 3.63) is 126 Å². The Bertz CT molecular complexity index is 1480. The van der Waals surface area contributed by atoms with E-state index in [-0.39, 0.29) is 5.91 Å². The average molecular weight is 506 g/mol. The largest absolute Gasteiger partial charge is 0.493 e. The number of aromatic nitrogens is 2. The zero-order valence-electron chi connectivity index (χ0n) is 21.5. The first-order chi connectivity index (χ1) is 18.7. The second-order valence-corrected chi connectivity index (χ2v) is 9.18. The van der Waals surface area contributed by atoms with Gasteiger partial charge in [0.25, 0.3) is 0 Å². The van der Waals surface area contributed by atoms with Crippen molar-refractivity contribution in [2.24, 2.45) is 0 Å². The van der Waals surface area contributed by atoms with Crippen LogP contribution in [0.5, 0.6) is 11.5 Å². The molecule has 1 amide bonds. The van der Waals surface area contributed by atoms with Crippen molar-refractivity contribution < 1.29 is 14.3 Å². The van der Waals surface area contributed by atoms with E-state index in [1.54, 1.807) is 13.3 Å². The number of hydrogen-bond donors (Lipinski definition) is 1. The Kier molecular flexibility index (Phi) is 7.99. The topological polar surface area (TPSA) is 67.5 Å². The van der Waals surface area contributed by atoms with E-state index in [1.165, 1.54) is 0 Å². The number of nitrogens with zero attached hydrogens (tertiary/aromatic N) is 2. The molecule has 2 aromatic heterocycles. The minimum absolute atomic E-state index is 0.0639. The molecule has 192 valence electrons. The summed E-state index contributed by atoms with van der Waals surface area (Å²) in [6.07, 6.45) is 4.71. The van der Waals surface area contributed by atoms with Gasteiger partial charge in [0.1, 0.15) is 6.61 Å². The lowest BCUT2D eigenvalue weighted by molar-refractivity contribution is -0.131. The van der Waals surface area contributed by atoms with E-state index in [0.29, 0.717) is 44.0 Å². The lowest BCUT2D eigenvalue weighted by Gasteiger charge is -2.23. The molecule has 0 spiro atoms. The Morgan fingerprint density at radius 1 is 0.895 bits per heavy atom. The monoisotopic (exact) mass is 505 g/mol. The summed E-state index contributed by atoms with van der Waals surface area (Å²) in [7, 11) is 1.63. The number of nitrogens with one attached hydrogen (secondary N) is 1. The zero-order valence-corrected chi connectivity index (χ0v) is 21.5. The number of amides is 1. The number of rotatable bonds is 11. The van der Waals surface area contributed by atoms with E-state index < -0.39 is 0 Å². The Labute approximate surface area is 222 Å². The highest BCUT2D eigenvalue weighted by atomic mass is 16.5. The summed E-state index contributed by atoms with van der Waals surface area (Å²) < 4.78 is 11.7. The Balaban J connectivity index is 1.33. The van der Waals surface area contributed by atoms with Crippen LogP contribution in [0.1, 0.15) is 22.4 Å². The molecule has 2 heterocycles. The number of hydrogen-bond acceptors (Lipinski definition) is 4. The molecule has 0 aliphatic heterocycles. The second kappa shape index (κ2) is 12.1. The molecule has 0 saturated carbocycles. The van der Waals surface area contributed by atoms with Gasteiger partial charge in [-0.3, -0.25) is 9.78 Å². The van der Waals surface area contributed by atoms with Crippen LogP contribution in [0.25, 0.3) is 10.9 Å². The van der Waals surface area contributed by atoms with Crippen LogP contribution in [0.3, 0.4) is 0 Å². The quantitative estimate of drug-likeness (QED) is 0.240. The Morgan fingerprint density at radius 3 is 2.53 bits per heavy atom. The van der Waals surface area contributed by atoms with Crippen molar-refractivity contribution in [2.45, 2.75) is 26.0 Å². The maximum Gasteiger partial charge on any atom is 0.227 e. The predicted molar refractivity (Wildman–Crippen MR) is 149 cm³/mol. The van der Waals surface area contributed by atoms with Gasteiger partial charge in [-0.1, -0.05) is 60.7 Å². The lowest BCUT2D eigenvalue weighted by atomic mass is 10.1. The molecule has 0 fully saturated rings. The summed E-state index contributed by atoms with van der Waals surface area (Å²) in [4.78, 5) is 23.2. The molecule has 0 aliphatic rings. The summed E-state index contributed by atoms with van der Waals surface area (Å²) >= 11 is 0. The summed E-state index contributed by atoms with van der Waals surface area (Å²) in [6.45, 7) is 1.48. The number of pyridine rings is 1. The van der Waals surface area contributed by atoms with Gasteiger partial charge in [-0.2, -0.15) is 0 Å². The van der Waals surface area contributed by atoms with E-state index in [4.69, 9.17) is 9.47 Å². The molecule has 3 aromatic carbocycles. The number of benzene rings is 3. The molecule has 6 nitrogen and oxygen atoms in total. The van der Waals surface area contributed by atoms with Crippen molar-refractivity contribution in [1.29, 1.82) is 0 Å². The van der Waals surface area contributed by atoms with Crippen LogP contribution >= 0.6 is 0 Å². The fourth-order valence-electron chi connectivity index (χ4n) is 4.53. The molecular weight excluding hydrogens is 474 g/mol. The van der Waals surface area contributed by atoms with Crippen LogP contribution in [-0.2, 0) is 30.8 Å². The second-order valence-electron chi connectivity index (χ2n) is 9.18. The van der Waals surface area contributed by atoms with E-state index >= 15 is 0 Å². The maximum absolute atomic E-state index is 13.6. The minimum Gasteiger partial charge on any atom is -0.493 e. The van der Waals surface area contributed by atoms with Crippen molar-refractivity contribution in [3.8, 4) is 11.5 Å². The zero-order chi connectivity index (χ0) is 26.2. The number of methoxy groups -OCH3 is 1. The summed E-state index contributed by atoms with van der Waals surface area (Å²) in [6, 6.07) is 29.8. The van der Waals surface area contributed by atoms with Crippen molar-refractivity contribution >= 4 is 16.8 Å². The lowest BCUT2D eigenvalue weighted by Crippen LogP contribution is -2.33. The third kappa shape index (κ3) is 6.21. The van der Waals surface area contributed by atoms with Gasteiger partial charge < -0.3 is 19.4 Å². The first kappa shape index (κ1) is 25.1. The van der Waals surface area contributed by atoms with Gasteiger partial charge in [-0.25, -0.2) is 0 Å². The van der Waals surface area contributed by atoms with Gasteiger partial charge >= 0.3 is 0 Å². The van der Waals surface area contributed by atoms with E-state index in [9.17, 15) is 4.79 Å². The molecular formula is C32H31N3O3. The van der Waals surface area contributed by atoms with Crippen LogP contribution in [0.4, 0.5) is 0 Å². The van der Waals surface area contributed by atoms with Crippen LogP contribution in [0, 0.1) is 0 Å².